The van der Waals surface area contributed by atoms with Crippen LogP contribution in [-0.2, 0) is 0 Å². The van der Waals surface area contributed by atoms with Gasteiger partial charge in [-0.05, 0) is 25.5 Å². The highest BCUT2D eigenvalue weighted by molar-refractivity contribution is 6.17. The van der Waals surface area contributed by atoms with Gasteiger partial charge < -0.3 is 5.11 Å². The second-order valence-electron chi connectivity index (χ2n) is 3.57. The Bertz CT molecular complexity index is 307. The van der Waals surface area contributed by atoms with Crippen LogP contribution in [0.15, 0.2) is 24.3 Å². The Morgan fingerprint density at radius 2 is 2.06 bits per heavy atom. The molecule has 0 amide bonds. The van der Waals surface area contributed by atoms with Gasteiger partial charge in [-0.2, -0.15) is 0 Å². The normalized spacial score (nSPS) is 9.19. The lowest BCUT2D eigenvalue weighted by Crippen LogP contribution is -1.95. The molecular weight excluding hydrogens is 224 g/mol. The molecule has 0 radical (unpaired) electrons. The van der Waals surface area contributed by atoms with Gasteiger partial charge in [0.25, 0.3) is 0 Å². The first-order valence-electron chi connectivity index (χ1n) is 5.47. The zero-order valence-electron chi connectivity index (χ0n) is 9.87. The van der Waals surface area contributed by atoms with Crippen molar-refractivity contribution in [3.05, 3.63) is 35.4 Å². The number of carboxylic acids is 1. The van der Waals surface area contributed by atoms with Crippen LogP contribution in [0, 0.1) is 6.92 Å². The van der Waals surface area contributed by atoms with E-state index in [0.29, 0.717) is 5.56 Å². The Morgan fingerprint density at radius 3 is 2.38 bits per heavy atom. The average molecular weight is 243 g/mol. The van der Waals surface area contributed by atoms with E-state index in [4.69, 9.17) is 16.7 Å². The molecule has 0 heterocycles. The molecule has 0 bridgehead atoms. The average Bonchev–Trinajstić information content (AvgIpc) is 2.27. The maximum Gasteiger partial charge on any atom is 0.335 e. The molecule has 1 aromatic rings. The summed E-state index contributed by atoms with van der Waals surface area (Å²) in [6, 6.07) is 6.82. The molecule has 2 nitrogen and oxygen atoms in total. The molecule has 0 aliphatic heterocycles. The highest BCUT2D eigenvalue weighted by atomic mass is 35.5. The van der Waals surface area contributed by atoms with Gasteiger partial charge in [0.2, 0.25) is 0 Å². The molecule has 0 fully saturated rings. The summed E-state index contributed by atoms with van der Waals surface area (Å²) in [6.07, 6.45) is 3.73. The van der Waals surface area contributed by atoms with Crippen molar-refractivity contribution in [2.24, 2.45) is 0 Å². The summed E-state index contributed by atoms with van der Waals surface area (Å²) in [6.45, 7) is 4.04. The highest BCUT2D eigenvalue weighted by Gasteiger charge is 1.99. The van der Waals surface area contributed by atoms with Gasteiger partial charge in [-0.3, -0.25) is 0 Å². The van der Waals surface area contributed by atoms with Gasteiger partial charge in [0.05, 0.1) is 5.56 Å². The van der Waals surface area contributed by atoms with Crippen molar-refractivity contribution in [3.8, 4) is 0 Å². The van der Waals surface area contributed by atoms with Crippen molar-refractivity contribution in [2.45, 2.75) is 33.1 Å². The zero-order chi connectivity index (χ0) is 12.4. The lowest BCUT2D eigenvalue weighted by Gasteiger charge is -1.93. The van der Waals surface area contributed by atoms with Crippen LogP contribution < -0.4 is 0 Å². The number of aryl methyl sites for hydroxylation is 1. The predicted molar refractivity (Wildman–Crippen MR) is 68.4 cm³/mol. The van der Waals surface area contributed by atoms with Crippen molar-refractivity contribution < 1.29 is 9.90 Å². The van der Waals surface area contributed by atoms with Crippen LogP contribution in [0.5, 0.6) is 0 Å². The smallest absolute Gasteiger partial charge is 0.335 e. The highest BCUT2D eigenvalue weighted by Crippen LogP contribution is 2.02. The number of hydrogen-bond donors (Lipinski definition) is 1. The standard InChI is InChI=1S/C8H8O2.C5H11Cl/c1-6-3-2-4-7(5-6)8(9)10;1-2-3-4-5-6/h2-5H,1H3,(H,9,10);2-5H2,1H3. The van der Waals surface area contributed by atoms with Gasteiger partial charge >= 0.3 is 5.97 Å². The number of halogens is 1. The molecule has 0 spiro atoms. The Morgan fingerprint density at radius 1 is 1.38 bits per heavy atom. The summed E-state index contributed by atoms with van der Waals surface area (Å²) in [4.78, 5) is 10.4. The number of rotatable bonds is 4. The topological polar surface area (TPSA) is 37.3 Å². The van der Waals surface area contributed by atoms with Crippen LogP contribution in [0.25, 0.3) is 0 Å². The van der Waals surface area contributed by atoms with E-state index in [-0.39, 0.29) is 0 Å². The van der Waals surface area contributed by atoms with E-state index in [1.807, 2.05) is 13.0 Å². The molecule has 90 valence electrons. The number of aromatic carboxylic acids is 1. The molecule has 0 aromatic heterocycles. The minimum atomic E-state index is -0.872. The minimum Gasteiger partial charge on any atom is -0.478 e. The Labute approximate surface area is 102 Å². The first-order valence-corrected chi connectivity index (χ1v) is 6.01. The summed E-state index contributed by atoms with van der Waals surface area (Å²) in [5.74, 6) is -0.0444. The number of hydrogen-bond acceptors (Lipinski definition) is 1. The number of benzene rings is 1. The summed E-state index contributed by atoms with van der Waals surface area (Å²) in [5, 5.41) is 8.51. The van der Waals surface area contributed by atoms with Crippen molar-refractivity contribution in [2.75, 3.05) is 5.88 Å². The van der Waals surface area contributed by atoms with Crippen LogP contribution in [0.2, 0.25) is 0 Å². The second kappa shape index (κ2) is 9.22. The zero-order valence-corrected chi connectivity index (χ0v) is 10.6. The van der Waals surface area contributed by atoms with Crippen molar-refractivity contribution in [1.29, 1.82) is 0 Å². The summed E-state index contributed by atoms with van der Waals surface area (Å²) < 4.78 is 0. The lowest BCUT2D eigenvalue weighted by atomic mass is 10.1. The van der Waals surface area contributed by atoms with E-state index in [2.05, 4.69) is 6.92 Å². The summed E-state index contributed by atoms with van der Waals surface area (Å²) >= 11 is 5.38. The second-order valence-corrected chi connectivity index (χ2v) is 3.95. The van der Waals surface area contributed by atoms with Crippen LogP contribution in [0.4, 0.5) is 0 Å². The van der Waals surface area contributed by atoms with E-state index in [1.165, 1.54) is 19.3 Å². The molecule has 0 saturated carbocycles. The molecule has 3 heteroatoms. The van der Waals surface area contributed by atoms with Crippen LogP contribution >= 0.6 is 11.6 Å². The fraction of sp³-hybridized carbons (Fsp3) is 0.462. The predicted octanol–water partition coefficient (Wildman–Crippen LogP) is 4.11. The Balaban J connectivity index is 0.000000325. The third-order valence-corrected chi connectivity index (χ3v) is 2.27. The van der Waals surface area contributed by atoms with Crippen molar-refractivity contribution >= 4 is 17.6 Å². The first kappa shape index (κ1) is 15.0. The molecular formula is C13H19ClO2. The van der Waals surface area contributed by atoms with E-state index in [0.717, 1.165) is 11.4 Å². The molecule has 0 atom stereocenters. The van der Waals surface area contributed by atoms with Crippen LogP contribution in [0.3, 0.4) is 0 Å². The largest absolute Gasteiger partial charge is 0.478 e. The quantitative estimate of drug-likeness (QED) is 0.637. The van der Waals surface area contributed by atoms with E-state index >= 15 is 0 Å². The third kappa shape index (κ3) is 7.30. The molecule has 0 saturated heterocycles. The van der Waals surface area contributed by atoms with Gasteiger partial charge in [-0.25, -0.2) is 4.79 Å². The fourth-order valence-corrected chi connectivity index (χ4v) is 1.31. The van der Waals surface area contributed by atoms with Crippen molar-refractivity contribution in [3.63, 3.8) is 0 Å². The van der Waals surface area contributed by atoms with Crippen molar-refractivity contribution in [1.82, 2.24) is 0 Å². The molecule has 16 heavy (non-hydrogen) atoms. The molecule has 0 unspecified atom stereocenters. The summed E-state index contributed by atoms with van der Waals surface area (Å²) in [7, 11) is 0. The van der Waals surface area contributed by atoms with Gasteiger partial charge in [0.15, 0.2) is 0 Å². The van der Waals surface area contributed by atoms with E-state index < -0.39 is 5.97 Å². The minimum absolute atomic E-state index is 0.347. The van der Waals surface area contributed by atoms with E-state index in [1.54, 1.807) is 18.2 Å². The molecule has 0 aliphatic rings. The van der Waals surface area contributed by atoms with E-state index in [9.17, 15) is 4.79 Å². The van der Waals surface area contributed by atoms with Gasteiger partial charge in [0.1, 0.15) is 0 Å². The molecule has 1 rings (SSSR count). The number of carbonyl (C=O) groups is 1. The molecule has 0 aliphatic carbocycles. The van der Waals surface area contributed by atoms with Gasteiger partial charge in [0, 0.05) is 5.88 Å². The number of alkyl halides is 1. The first-order chi connectivity index (χ1) is 7.61. The maximum absolute atomic E-state index is 10.4. The van der Waals surface area contributed by atoms with Crippen LogP contribution in [0.1, 0.15) is 42.1 Å². The fourth-order valence-electron chi connectivity index (χ4n) is 1.12. The number of unbranched alkanes of at least 4 members (excludes halogenated alkanes) is 2. The van der Waals surface area contributed by atoms with Crippen LogP contribution in [-0.4, -0.2) is 17.0 Å². The van der Waals surface area contributed by atoms with Gasteiger partial charge in [-0.15, -0.1) is 11.6 Å². The summed E-state index contributed by atoms with van der Waals surface area (Å²) in [5.41, 5.74) is 1.32. The Kier molecular flexibility index (Phi) is 8.64. The molecule has 1 aromatic carbocycles. The Hall–Kier alpha value is -1.02. The monoisotopic (exact) mass is 242 g/mol. The SMILES string of the molecule is CCCCCCl.Cc1cccc(C(=O)O)c1. The maximum atomic E-state index is 10.4. The molecule has 1 N–H and O–H groups in total. The third-order valence-electron chi connectivity index (χ3n) is 2.00. The lowest BCUT2D eigenvalue weighted by molar-refractivity contribution is 0.0697. The number of carboxylic acid groups (broad SMARTS) is 1. The van der Waals surface area contributed by atoms with Gasteiger partial charge in [-0.1, -0.05) is 37.5 Å².